The predicted octanol–water partition coefficient (Wildman–Crippen LogP) is 3.20. The van der Waals surface area contributed by atoms with Crippen molar-refractivity contribution >= 4 is 27.9 Å². The van der Waals surface area contributed by atoms with Crippen LogP contribution < -0.4 is 10.9 Å². The highest BCUT2D eigenvalue weighted by atomic mass is 32.1. The van der Waals surface area contributed by atoms with Crippen LogP contribution in [0.1, 0.15) is 30.5 Å². The van der Waals surface area contributed by atoms with E-state index in [0.29, 0.717) is 17.1 Å². The van der Waals surface area contributed by atoms with Crippen LogP contribution in [-0.2, 0) is 4.79 Å². The molecule has 3 rings (SSSR count). The van der Waals surface area contributed by atoms with Gasteiger partial charge in [0.1, 0.15) is 5.69 Å². The molecule has 1 atom stereocenters. The first-order valence-electron chi connectivity index (χ1n) is 7.44. The van der Waals surface area contributed by atoms with Crippen LogP contribution in [-0.4, -0.2) is 15.3 Å². The number of carbonyl (C=O) groups excluding carboxylic acids is 1. The van der Waals surface area contributed by atoms with Crippen LogP contribution in [0.2, 0.25) is 0 Å². The molecule has 2 aromatic heterocycles. The number of amides is 1. The average molecular weight is 327 g/mol. The Morgan fingerprint density at radius 1 is 1.35 bits per heavy atom. The molecule has 0 radical (unpaired) electrons. The highest BCUT2D eigenvalue weighted by Crippen LogP contribution is 2.21. The average Bonchev–Trinajstić information content (AvgIpc) is 3.01. The van der Waals surface area contributed by atoms with Gasteiger partial charge in [-0.15, -0.1) is 11.3 Å². The molecule has 0 aliphatic rings. The third-order valence-corrected chi connectivity index (χ3v) is 4.58. The van der Waals surface area contributed by atoms with Crippen LogP contribution in [0.4, 0.5) is 5.69 Å². The maximum absolute atomic E-state index is 12.6. The van der Waals surface area contributed by atoms with E-state index in [-0.39, 0.29) is 23.1 Å². The van der Waals surface area contributed by atoms with Gasteiger partial charge in [0.25, 0.3) is 5.56 Å². The summed E-state index contributed by atoms with van der Waals surface area (Å²) < 4.78 is 1.46. The van der Waals surface area contributed by atoms with Gasteiger partial charge in [0.2, 0.25) is 5.91 Å². The van der Waals surface area contributed by atoms with Crippen molar-refractivity contribution in [3.05, 3.63) is 63.5 Å². The Hall–Kier alpha value is -2.47. The van der Waals surface area contributed by atoms with Crippen LogP contribution in [0.5, 0.6) is 0 Å². The molecule has 0 bridgehead atoms. The van der Waals surface area contributed by atoms with Gasteiger partial charge in [-0.2, -0.15) is 0 Å². The van der Waals surface area contributed by atoms with Gasteiger partial charge < -0.3 is 5.32 Å². The second-order valence-corrected chi connectivity index (χ2v) is 6.17. The summed E-state index contributed by atoms with van der Waals surface area (Å²) in [6.45, 7) is 3.69. The van der Waals surface area contributed by atoms with E-state index < -0.39 is 0 Å². The van der Waals surface area contributed by atoms with E-state index in [1.165, 1.54) is 15.7 Å². The molecule has 0 saturated heterocycles. The fraction of sp³-hybridized carbons (Fsp3) is 0.235. The Labute approximate surface area is 137 Å². The zero-order valence-corrected chi connectivity index (χ0v) is 13.8. The number of carbonyl (C=O) groups is 1. The van der Waals surface area contributed by atoms with Gasteiger partial charge in [-0.05, 0) is 18.9 Å². The number of nitrogens with one attached hydrogen (secondary N) is 1. The van der Waals surface area contributed by atoms with Crippen molar-refractivity contribution < 1.29 is 4.79 Å². The quantitative estimate of drug-likeness (QED) is 0.800. The number of aryl methyl sites for hydroxylation is 1. The number of aromatic nitrogens is 2. The summed E-state index contributed by atoms with van der Waals surface area (Å²) >= 11 is 1.39. The molecule has 3 aromatic rings. The summed E-state index contributed by atoms with van der Waals surface area (Å²) in [4.78, 5) is 30.1. The molecule has 5 nitrogen and oxygen atoms in total. The third-order valence-electron chi connectivity index (χ3n) is 3.82. The molecule has 1 N–H and O–H groups in total. The van der Waals surface area contributed by atoms with Gasteiger partial charge in [0.05, 0.1) is 11.6 Å². The minimum Gasteiger partial charge on any atom is -0.319 e. The zero-order chi connectivity index (χ0) is 16.4. The highest BCUT2D eigenvalue weighted by molar-refractivity contribution is 7.15. The first-order valence-corrected chi connectivity index (χ1v) is 8.32. The molecule has 0 fully saturated rings. The van der Waals surface area contributed by atoms with Crippen LogP contribution in [0.25, 0.3) is 4.96 Å². The predicted molar refractivity (Wildman–Crippen MR) is 92.2 cm³/mol. The molecule has 6 heteroatoms. The Balaban J connectivity index is 1.95. The lowest BCUT2D eigenvalue weighted by molar-refractivity contribution is -0.117. The Morgan fingerprint density at radius 2 is 2.09 bits per heavy atom. The lowest BCUT2D eigenvalue weighted by atomic mass is 9.95. The van der Waals surface area contributed by atoms with Crippen molar-refractivity contribution in [3.8, 4) is 0 Å². The van der Waals surface area contributed by atoms with E-state index in [4.69, 9.17) is 0 Å². The van der Waals surface area contributed by atoms with E-state index in [1.54, 1.807) is 18.5 Å². The number of thiazole rings is 1. The van der Waals surface area contributed by atoms with Crippen molar-refractivity contribution in [2.45, 2.75) is 26.2 Å². The van der Waals surface area contributed by atoms with Crippen molar-refractivity contribution in [3.63, 3.8) is 0 Å². The van der Waals surface area contributed by atoms with E-state index in [1.807, 2.05) is 37.3 Å². The molecule has 1 aromatic carbocycles. The first-order chi connectivity index (χ1) is 11.1. The van der Waals surface area contributed by atoms with Crippen molar-refractivity contribution in [2.75, 3.05) is 5.32 Å². The minimum atomic E-state index is -0.293. The van der Waals surface area contributed by atoms with Crippen molar-refractivity contribution in [1.82, 2.24) is 9.38 Å². The molecule has 2 heterocycles. The second kappa shape index (κ2) is 6.34. The summed E-state index contributed by atoms with van der Waals surface area (Å²) in [6, 6.07) is 9.58. The fourth-order valence-electron chi connectivity index (χ4n) is 2.59. The number of anilines is 1. The smallest absolute Gasteiger partial charge is 0.282 e. The van der Waals surface area contributed by atoms with Crippen LogP contribution in [0.15, 0.2) is 46.7 Å². The second-order valence-electron chi connectivity index (χ2n) is 5.29. The molecular formula is C17H17N3O2S. The molecule has 0 saturated carbocycles. The van der Waals surface area contributed by atoms with Crippen LogP contribution in [0.3, 0.4) is 0 Å². The van der Waals surface area contributed by atoms with Crippen molar-refractivity contribution in [2.24, 2.45) is 0 Å². The summed E-state index contributed by atoms with van der Waals surface area (Å²) in [6.07, 6.45) is 2.32. The zero-order valence-electron chi connectivity index (χ0n) is 12.9. The number of benzene rings is 1. The van der Waals surface area contributed by atoms with E-state index >= 15 is 0 Å². The number of hydrogen-bond acceptors (Lipinski definition) is 4. The van der Waals surface area contributed by atoms with Gasteiger partial charge >= 0.3 is 0 Å². The molecule has 23 heavy (non-hydrogen) atoms. The minimum absolute atomic E-state index is 0.184. The maximum Gasteiger partial charge on any atom is 0.282 e. The largest absolute Gasteiger partial charge is 0.319 e. The number of rotatable bonds is 4. The van der Waals surface area contributed by atoms with Crippen molar-refractivity contribution in [1.29, 1.82) is 0 Å². The highest BCUT2D eigenvalue weighted by Gasteiger charge is 2.21. The molecule has 0 aliphatic carbocycles. The first kappa shape index (κ1) is 15.4. The summed E-state index contributed by atoms with van der Waals surface area (Å²) in [5.41, 5.74) is 1.48. The summed E-state index contributed by atoms with van der Waals surface area (Å²) in [5.74, 6) is -0.478. The van der Waals surface area contributed by atoms with Gasteiger partial charge in [0.15, 0.2) is 4.96 Å². The van der Waals surface area contributed by atoms with Crippen LogP contribution in [0, 0.1) is 6.92 Å². The maximum atomic E-state index is 12.6. The number of fused-ring (bicyclic) bond motifs is 1. The number of hydrogen-bond donors (Lipinski definition) is 1. The standard InChI is InChI=1S/C17H17N3O2S/c1-3-13(12-7-5-4-6-8-12)15(21)19-14-11(2)18-17-20(16(14)22)9-10-23-17/h4-10,13H,3H2,1-2H3,(H,19,21)/t13-/m0/s1. The Morgan fingerprint density at radius 3 is 2.78 bits per heavy atom. The summed E-state index contributed by atoms with van der Waals surface area (Å²) in [5, 5.41) is 4.58. The van der Waals surface area contributed by atoms with E-state index in [2.05, 4.69) is 10.3 Å². The lowest BCUT2D eigenvalue weighted by Crippen LogP contribution is -2.27. The number of nitrogens with zero attached hydrogens (tertiary/aromatic N) is 2. The molecule has 118 valence electrons. The molecule has 1 amide bonds. The lowest BCUT2D eigenvalue weighted by Gasteiger charge is -2.16. The Kier molecular flexibility index (Phi) is 4.25. The third kappa shape index (κ3) is 2.90. The van der Waals surface area contributed by atoms with E-state index in [0.717, 1.165) is 5.56 Å². The van der Waals surface area contributed by atoms with E-state index in [9.17, 15) is 9.59 Å². The monoisotopic (exact) mass is 327 g/mol. The SMILES string of the molecule is CC[C@H](C(=O)Nc1c(C)nc2sccn2c1=O)c1ccccc1. The molecule has 0 unspecified atom stereocenters. The molecular weight excluding hydrogens is 310 g/mol. The van der Waals surface area contributed by atoms with Gasteiger partial charge in [0, 0.05) is 11.6 Å². The Bertz CT molecular complexity index is 899. The topological polar surface area (TPSA) is 63.5 Å². The molecule has 0 spiro atoms. The van der Waals surface area contributed by atoms with Crippen LogP contribution >= 0.6 is 11.3 Å². The summed E-state index contributed by atoms with van der Waals surface area (Å²) in [7, 11) is 0. The van der Waals surface area contributed by atoms with Gasteiger partial charge in [-0.25, -0.2) is 4.98 Å². The normalized spacial score (nSPS) is 12.3. The fourth-order valence-corrected chi connectivity index (χ4v) is 3.35. The van der Waals surface area contributed by atoms with Gasteiger partial charge in [-0.1, -0.05) is 37.3 Å². The van der Waals surface area contributed by atoms with Gasteiger partial charge in [-0.3, -0.25) is 14.0 Å². The molecule has 0 aliphatic heterocycles.